The highest BCUT2D eigenvalue weighted by atomic mass is 32.2. The molecule has 0 saturated heterocycles. The first-order valence-electron chi connectivity index (χ1n) is 6.90. The molecule has 6 heteroatoms. The van der Waals surface area contributed by atoms with Gasteiger partial charge in [0.15, 0.2) is 0 Å². The molecule has 0 saturated carbocycles. The van der Waals surface area contributed by atoms with Crippen molar-refractivity contribution < 1.29 is 13.2 Å². The molecule has 0 aliphatic heterocycles. The summed E-state index contributed by atoms with van der Waals surface area (Å²) >= 11 is 0. The Labute approximate surface area is 127 Å². The summed E-state index contributed by atoms with van der Waals surface area (Å²) in [5, 5.41) is 2.47. The van der Waals surface area contributed by atoms with Gasteiger partial charge in [-0.15, -0.1) is 0 Å². The Kier molecular flexibility index (Phi) is 5.53. The average Bonchev–Trinajstić information content (AvgIpc) is 2.42. The zero-order chi connectivity index (χ0) is 16.4. The molecule has 2 N–H and O–H groups in total. The van der Waals surface area contributed by atoms with Crippen LogP contribution in [0.2, 0.25) is 0 Å². The average molecular weight is 312 g/mol. The van der Waals surface area contributed by atoms with Crippen molar-refractivity contribution in [1.29, 1.82) is 0 Å². The minimum Gasteiger partial charge on any atom is -0.359 e. The fraction of sp³-hybridized carbons (Fsp3) is 0.533. The van der Waals surface area contributed by atoms with Gasteiger partial charge in [-0.3, -0.25) is 4.79 Å². The fourth-order valence-corrected chi connectivity index (χ4v) is 3.99. The quantitative estimate of drug-likeness (QED) is 0.868. The van der Waals surface area contributed by atoms with Gasteiger partial charge in [0.1, 0.15) is 0 Å². The molecule has 0 fully saturated rings. The summed E-state index contributed by atoms with van der Waals surface area (Å²) in [6.45, 7) is 9.60. The van der Waals surface area contributed by atoms with Crippen molar-refractivity contribution in [1.82, 2.24) is 10.0 Å². The van der Waals surface area contributed by atoms with Crippen LogP contribution in [-0.4, -0.2) is 27.9 Å². The third kappa shape index (κ3) is 3.63. The molecule has 0 heterocycles. The summed E-state index contributed by atoms with van der Waals surface area (Å²) in [6, 6.07) is 0. The summed E-state index contributed by atoms with van der Waals surface area (Å²) in [5.74, 6) is -0.192. The Bertz CT molecular complexity index is 635. The minimum absolute atomic E-state index is 0.0901. The molecule has 0 unspecified atom stereocenters. The minimum atomic E-state index is -3.62. The zero-order valence-corrected chi connectivity index (χ0v) is 14.4. The molecule has 1 amide bonds. The van der Waals surface area contributed by atoms with Crippen LogP contribution in [0.25, 0.3) is 0 Å². The second-order valence-electron chi connectivity index (χ2n) is 5.28. The Morgan fingerprint density at radius 1 is 0.905 bits per heavy atom. The van der Waals surface area contributed by atoms with Crippen molar-refractivity contribution in [2.75, 3.05) is 13.6 Å². The molecule has 0 aliphatic carbocycles. The SMILES string of the molecule is CNC(=O)CCNS(=O)(=O)c1c(C)c(C)c(C)c(C)c1C. The Hall–Kier alpha value is -1.40. The fourth-order valence-electron chi connectivity index (χ4n) is 2.36. The molecule has 1 aromatic rings. The Morgan fingerprint density at radius 2 is 1.33 bits per heavy atom. The van der Waals surface area contributed by atoms with Crippen molar-refractivity contribution in [3.05, 3.63) is 27.8 Å². The number of rotatable bonds is 5. The Morgan fingerprint density at radius 3 is 1.76 bits per heavy atom. The largest absolute Gasteiger partial charge is 0.359 e. The molecule has 0 aliphatic rings. The van der Waals surface area contributed by atoms with E-state index in [9.17, 15) is 13.2 Å². The summed E-state index contributed by atoms with van der Waals surface area (Å²) in [4.78, 5) is 11.5. The predicted molar refractivity (Wildman–Crippen MR) is 84.0 cm³/mol. The van der Waals surface area contributed by atoms with Gasteiger partial charge in [-0.25, -0.2) is 13.1 Å². The summed E-state index contributed by atoms with van der Waals surface area (Å²) in [5.41, 5.74) is 4.63. The lowest BCUT2D eigenvalue weighted by atomic mass is 9.95. The van der Waals surface area contributed by atoms with E-state index >= 15 is 0 Å². The second-order valence-corrected chi connectivity index (χ2v) is 6.98. The van der Waals surface area contributed by atoms with Gasteiger partial charge in [-0.2, -0.15) is 0 Å². The number of hydrogen-bond acceptors (Lipinski definition) is 3. The van der Waals surface area contributed by atoms with Gasteiger partial charge >= 0.3 is 0 Å². The lowest BCUT2D eigenvalue weighted by Crippen LogP contribution is -2.30. The molecule has 1 aromatic carbocycles. The first kappa shape index (κ1) is 17.7. The van der Waals surface area contributed by atoms with Gasteiger partial charge in [-0.05, 0) is 62.4 Å². The smallest absolute Gasteiger partial charge is 0.241 e. The van der Waals surface area contributed by atoms with Crippen molar-refractivity contribution in [3.8, 4) is 0 Å². The maximum atomic E-state index is 12.5. The number of carbonyl (C=O) groups excluding carboxylic acids is 1. The third-order valence-electron chi connectivity index (χ3n) is 4.12. The number of sulfonamides is 1. The lowest BCUT2D eigenvalue weighted by Gasteiger charge is -2.19. The van der Waals surface area contributed by atoms with E-state index in [2.05, 4.69) is 10.0 Å². The highest BCUT2D eigenvalue weighted by Crippen LogP contribution is 2.29. The summed E-state index contributed by atoms with van der Waals surface area (Å²) < 4.78 is 27.5. The van der Waals surface area contributed by atoms with Crippen molar-refractivity contribution in [3.63, 3.8) is 0 Å². The number of hydrogen-bond donors (Lipinski definition) is 2. The summed E-state index contributed by atoms with van der Waals surface area (Å²) in [6.07, 6.45) is 0.123. The second kappa shape index (κ2) is 6.58. The van der Waals surface area contributed by atoms with E-state index in [1.807, 2.05) is 34.6 Å². The van der Waals surface area contributed by atoms with Crippen LogP contribution < -0.4 is 10.0 Å². The molecule has 0 spiro atoms. The van der Waals surface area contributed by atoms with Crippen molar-refractivity contribution in [2.45, 2.75) is 45.9 Å². The van der Waals surface area contributed by atoms with E-state index in [1.54, 1.807) is 0 Å². The van der Waals surface area contributed by atoms with E-state index in [1.165, 1.54) is 7.05 Å². The number of benzene rings is 1. The summed E-state index contributed by atoms with van der Waals surface area (Å²) in [7, 11) is -2.09. The third-order valence-corrected chi connectivity index (χ3v) is 5.86. The molecule has 0 atom stereocenters. The maximum absolute atomic E-state index is 12.5. The van der Waals surface area contributed by atoms with Crippen LogP contribution in [0.15, 0.2) is 4.90 Å². The van der Waals surface area contributed by atoms with Crippen LogP contribution in [0.3, 0.4) is 0 Å². The van der Waals surface area contributed by atoms with Crippen LogP contribution >= 0.6 is 0 Å². The van der Waals surface area contributed by atoms with E-state index in [-0.39, 0.29) is 18.9 Å². The number of carbonyl (C=O) groups is 1. The first-order chi connectivity index (χ1) is 9.63. The standard InChI is InChI=1S/C15H24N2O3S/c1-9-10(2)12(4)15(13(5)11(9)3)21(19,20)17-8-7-14(18)16-6/h17H,7-8H2,1-6H3,(H,16,18). The lowest BCUT2D eigenvalue weighted by molar-refractivity contribution is -0.120. The predicted octanol–water partition coefficient (Wildman–Crippen LogP) is 1.64. The molecular formula is C15H24N2O3S. The molecule has 0 radical (unpaired) electrons. The van der Waals surface area contributed by atoms with Crippen LogP contribution in [0, 0.1) is 34.6 Å². The van der Waals surface area contributed by atoms with Gasteiger partial charge in [-0.1, -0.05) is 0 Å². The molecule has 5 nitrogen and oxygen atoms in total. The van der Waals surface area contributed by atoms with Gasteiger partial charge in [0.05, 0.1) is 4.90 Å². The zero-order valence-electron chi connectivity index (χ0n) is 13.5. The highest BCUT2D eigenvalue weighted by Gasteiger charge is 2.23. The topological polar surface area (TPSA) is 75.3 Å². The Balaban J connectivity index is 3.18. The van der Waals surface area contributed by atoms with Gasteiger partial charge in [0.2, 0.25) is 15.9 Å². The van der Waals surface area contributed by atoms with Gasteiger partial charge < -0.3 is 5.32 Å². The number of nitrogens with one attached hydrogen (secondary N) is 2. The molecule has 0 bridgehead atoms. The van der Waals surface area contributed by atoms with Crippen LogP contribution in [0.4, 0.5) is 0 Å². The van der Waals surface area contributed by atoms with Crippen molar-refractivity contribution in [2.24, 2.45) is 0 Å². The van der Waals surface area contributed by atoms with Crippen molar-refractivity contribution >= 4 is 15.9 Å². The van der Waals surface area contributed by atoms with Crippen LogP contribution in [0.1, 0.15) is 34.2 Å². The van der Waals surface area contributed by atoms with E-state index < -0.39 is 10.0 Å². The molecule has 118 valence electrons. The first-order valence-corrected chi connectivity index (χ1v) is 8.39. The monoisotopic (exact) mass is 312 g/mol. The van der Waals surface area contributed by atoms with Gasteiger partial charge in [0, 0.05) is 20.0 Å². The maximum Gasteiger partial charge on any atom is 0.241 e. The molecule has 1 rings (SSSR count). The molecule has 0 aromatic heterocycles. The van der Waals surface area contributed by atoms with E-state index in [4.69, 9.17) is 0 Å². The normalized spacial score (nSPS) is 11.5. The molecular weight excluding hydrogens is 288 g/mol. The van der Waals surface area contributed by atoms with Crippen LogP contribution in [-0.2, 0) is 14.8 Å². The van der Waals surface area contributed by atoms with Crippen LogP contribution in [0.5, 0.6) is 0 Å². The van der Waals surface area contributed by atoms with Gasteiger partial charge in [0.25, 0.3) is 0 Å². The van der Waals surface area contributed by atoms with E-state index in [0.29, 0.717) is 4.90 Å². The highest BCUT2D eigenvalue weighted by molar-refractivity contribution is 7.89. The number of amides is 1. The van der Waals surface area contributed by atoms with E-state index in [0.717, 1.165) is 27.8 Å². The molecule has 21 heavy (non-hydrogen) atoms.